The number of hydrogen-bond donors (Lipinski definition) is 2. The van der Waals surface area contributed by atoms with Gasteiger partial charge in [0.05, 0.1) is 6.21 Å². The molecular weight excluding hydrogens is 334 g/mol. The Morgan fingerprint density at radius 2 is 1.89 bits per heavy atom. The molecular formula is C23H25N3O. The Bertz CT molecular complexity index is 992. The molecule has 27 heavy (non-hydrogen) atoms. The van der Waals surface area contributed by atoms with Gasteiger partial charge in [0.2, 0.25) is 5.91 Å². The Hall–Kier alpha value is -2.88. The summed E-state index contributed by atoms with van der Waals surface area (Å²) in [4.78, 5) is 15.6. The topological polar surface area (TPSA) is 57.2 Å². The molecule has 0 radical (unpaired) electrons. The van der Waals surface area contributed by atoms with Crippen LogP contribution < -0.4 is 5.43 Å². The minimum atomic E-state index is -0.00371. The van der Waals surface area contributed by atoms with Gasteiger partial charge in [-0.3, -0.25) is 4.79 Å². The molecule has 1 fully saturated rings. The van der Waals surface area contributed by atoms with E-state index in [-0.39, 0.29) is 17.2 Å². The van der Waals surface area contributed by atoms with Gasteiger partial charge in [0.15, 0.2) is 0 Å². The molecule has 4 nitrogen and oxygen atoms in total. The first-order valence-corrected chi connectivity index (χ1v) is 9.43. The predicted octanol–water partition coefficient (Wildman–Crippen LogP) is 4.72. The second-order valence-corrected chi connectivity index (χ2v) is 8.34. The maximum Gasteiger partial charge on any atom is 0.243 e. The van der Waals surface area contributed by atoms with Crippen LogP contribution >= 0.6 is 0 Å². The summed E-state index contributed by atoms with van der Waals surface area (Å²) < 4.78 is 0. The fourth-order valence-electron chi connectivity index (χ4n) is 3.53. The number of hydrogen-bond acceptors (Lipinski definition) is 2. The number of carbonyl (C=O) groups is 1. The Morgan fingerprint density at radius 3 is 2.63 bits per heavy atom. The number of nitrogens with one attached hydrogen (secondary N) is 2. The number of aromatic amines is 1. The van der Waals surface area contributed by atoms with E-state index >= 15 is 0 Å². The zero-order chi connectivity index (χ0) is 19.0. The van der Waals surface area contributed by atoms with Crippen molar-refractivity contribution in [2.75, 3.05) is 0 Å². The monoisotopic (exact) mass is 359 g/mol. The van der Waals surface area contributed by atoms with Crippen LogP contribution in [0.3, 0.4) is 0 Å². The summed E-state index contributed by atoms with van der Waals surface area (Å²) in [6, 6.07) is 16.7. The standard InChI is InChI=1S/C23H25N3O/c1-23(2,3)17-10-8-15(9-11-17)19-12-20(19)22(27)26-25-14-16-13-24-21-7-5-4-6-18(16)21/h4-11,13-14,19-20,24H,12H2,1-3H3,(H,26,27)/b25-14+/t19-,20-/m1/s1. The van der Waals surface area contributed by atoms with E-state index in [1.807, 2.05) is 30.5 Å². The first-order chi connectivity index (χ1) is 12.9. The van der Waals surface area contributed by atoms with Crippen LogP contribution in [0.5, 0.6) is 0 Å². The number of hydrazone groups is 1. The van der Waals surface area contributed by atoms with E-state index in [9.17, 15) is 4.79 Å². The highest BCUT2D eigenvalue weighted by Gasteiger charge is 2.44. The first-order valence-electron chi connectivity index (χ1n) is 9.43. The Morgan fingerprint density at radius 1 is 1.15 bits per heavy atom. The van der Waals surface area contributed by atoms with Gasteiger partial charge in [-0.1, -0.05) is 63.2 Å². The summed E-state index contributed by atoms with van der Waals surface area (Å²) in [5.74, 6) is 0.323. The lowest BCUT2D eigenvalue weighted by molar-refractivity contribution is -0.122. The lowest BCUT2D eigenvalue weighted by Crippen LogP contribution is -2.20. The quantitative estimate of drug-likeness (QED) is 0.514. The number of fused-ring (bicyclic) bond motifs is 1. The minimum Gasteiger partial charge on any atom is -0.361 e. The molecule has 2 atom stereocenters. The molecule has 0 bridgehead atoms. The summed E-state index contributed by atoms with van der Waals surface area (Å²) in [7, 11) is 0. The first kappa shape index (κ1) is 17.5. The van der Waals surface area contributed by atoms with Crippen molar-refractivity contribution in [2.24, 2.45) is 11.0 Å². The van der Waals surface area contributed by atoms with Gasteiger partial charge < -0.3 is 4.98 Å². The molecule has 0 spiro atoms. The molecule has 0 unspecified atom stereocenters. The zero-order valence-electron chi connectivity index (χ0n) is 16.0. The van der Waals surface area contributed by atoms with Crippen molar-refractivity contribution in [3.05, 3.63) is 71.4 Å². The molecule has 1 amide bonds. The number of benzene rings is 2. The molecule has 4 rings (SSSR count). The number of nitrogens with zero attached hydrogens (tertiary/aromatic N) is 1. The molecule has 1 aromatic heterocycles. The number of amides is 1. The molecule has 1 aliphatic carbocycles. The fraction of sp³-hybridized carbons (Fsp3) is 0.304. The van der Waals surface area contributed by atoms with Gasteiger partial charge in [-0.15, -0.1) is 0 Å². The Kier molecular flexibility index (Phi) is 4.34. The van der Waals surface area contributed by atoms with Crippen molar-refractivity contribution >= 4 is 23.0 Å². The van der Waals surface area contributed by atoms with E-state index in [0.717, 1.165) is 22.9 Å². The van der Waals surface area contributed by atoms with E-state index in [0.29, 0.717) is 5.92 Å². The third-order valence-electron chi connectivity index (χ3n) is 5.33. The van der Waals surface area contributed by atoms with Gasteiger partial charge in [0.25, 0.3) is 0 Å². The summed E-state index contributed by atoms with van der Waals surface area (Å²) in [6.45, 7) is 6.63. The minimum absolute atomic E-state index is 0.00371. The highest BCUT2D eigenvalue weighted by molar-refractivity contribution is 5.99. The third-order valence-corrected chi connectivity index (χ3v) is 5.33. The Balaban J connectivity index is 1.36. The van der Waals surface area contributed by atoms with E-state index in [2.05, 4.69) is 60.5 Å². The van der Waals surface area contributed by atoms with Crippen molar-refractivity contribution in [1.82, 2.24) is 10.4 Å². The van der Waals surface area contributed by atoms with Gasteiger partial charge in [-0.2, -0.15) is 5.10 Å². The molecule has 3 aromatic rings. The maximum atomic E-state index is 12.4. The fourth-order valence-corrected chi connectivity index (χ4v) is 3.53. The van der Waals surface area contributed by atoms with Gasteiger partial charge in [0.1, 0.15) is 0 Å². The van der Waals surface area contributed by atoms with Crippen molar-refractivity contribution in [2.45, 2.75) is 38.5 Å². The summed E-state index contributed by atoms with van der Waals surface area (Å²) in [5.41, 5.74) is 7.43. The van der Waals surface area contributed by atoms with Crippen LogP contribution in [0.2, 0.25) is 0 Å². The van der Waals surface area contributed by atoms with Crippen LogP contribution in [-0.2, 0) is 10.2 Å². The molecule has 138 valence electrons. The van der Waals surface area contributed by atoms with E-state index in [1.165, 1.54) is 11.1 Å². The molecule has 4 heteroatoms. The molecule has 2 N–H and O–H groups in total. The normalized spacial score (nSPS) is 19.5. The summed E-state index contributed by atoms with van der Waals surface area (Å²) in [5, 5.41) is 5.25. The van der Waals surface area contributed by atoms with Gasteiger partial charge >= 0.3 is 0 Å². The van der Waals surface area contributed by atoms with Crippen LogP contribution in [0.4, 0.5) is 0 Å². The SMILES string of the molecule is CC(C)(C)c1ccc([C@H]2C[C@H]2C(=O)N/N=C/c2c[nH]c3ccccc23)cc1. The van der Waals surface area contributed by atoms with Gasteiger partial charge in [-0.05, 0) is 34.9 Å². The van der Waals surface area contributed by atoms with Crippen LogP contribution in [0, 0.1) is 5.92 Å². The highest BCUT2D eigenvalue weighted by atomic mass is 16.2. The molecule has 0 saturated heterocycles. The van der Waals surface area contributed by atoms with Crippen molar-refractivity contribution < 1.29 is 4.79 Å². The van der Waals surface area contributed by atoms with Crippen LogP contribution in [0.25, 0.3) is 10.9 Å². The molecule has 1 saturated carbocycles. The Labute approximate surface area is 159 Å². The van der Waals surface area contributed by atoms with E-state index in [4.69, 9.17) is 0 Å². The lowest BCUT2D eigenvalue weighted by atomic mass is 9.86. The van der Waals surface area contributed by atoms with Crippen LogP contribution in [0.1, 0.15) is 49.8 Å². The second-order valence-electron chi connectivity index (χ2n) is 8.34. The van der Waals surface area contributed by atoms with Crippen molar-refractivity contribution in [1.29, 1.82) is 0 Å². The second kappa shape index (κ2) is 6.69. The van der Waals surface area contributed by atoms with Crippen molar-refractivity contribution in [3.8, 4) is 0 Å². The summed E-state index contributed by atoms with van der Waals surface area (Å²) in [6.07, 6.45) is 4.49. The van der Waals surface area contributed by atoms with Gasteiger partial charge in [-0.25, -0.2) is 5.43 Å². The van der Waals surface area contributed by atoms with Crippen LogP contribution in [-0.4, -0.2) is 17.1 Å². The molecule has 1 heterocycles. The number of aromatic nitrogens is 1. The maximum absolute atomic E-state index is 12.4. The number of para-hydroxylation sites is 1. The largest absolute Gasteiger partial charge is 0.361 e. The number of carbonyl (C=O) groups excluding carboxylic acids is 1. The molecule has 0 aliphatic heterocycles. The molecule has 1 aliphatic rings. The smallest absolute Gasteiger partial charge is 0.243 e. The third kappa shape index (κ3) is 3.65. The van der Waals surface area contributed by atoms with Crippen molar-refractivity contribution in [3.63, 3.8) is 0 Å². The zero-order valence-corrected chi connectivity index (χ0v) is 16.0. The number of H-pyrrole nitrogens is 1. The van der Waals surface area contributed by atoms with E-state index < -0.39 is 0 Å². The summed E-state index contributed by atoms with van der Waals surface area (Å²) >= 11 is 0. The van der Waals surface area contributed by atoms with E-state index in [1.54, 1.807) is 6.21 Å². The predicted molar refractivity (Wildman–Crippen MR) is 110 cm³/mol. The average molecular weight is 359 g/mol. The number of rotatable bonds is 4. The average Bonchev–Trinajstić information content (AvgIpc) is 3.36. The lowest BCUT2D eigenvalue weighted by Gasteiger charge is -2.19. The molecule has 2 aromatic carbocycles. The highest BCUT2D eigenvalue weighted by Crippen LogP contribution is 2.47. The van der Waals surface area contributed by atoms with Gasteiger partial charge in [0, 0.05) is 28.6 Å². The van der Waals surface area contributed by atoms with Crippen LogP contribution in [0.15, 0.2) is 59.8 Å².